The van der Waals surface area contributed by atoms with Crippen molar-refractivity contribution >= 4 is 42.6 Å². The monoisotopic (exact) mass is 389 g/mol. The molecule has 2 aromatic carbocycles. The van der Waals surface area contributed by atoms with Crippen molar-refractivity contribution in [2.45, 2.75) is 24.8 Å². The molecule has 0 radical (unpaired) electrons. The van der Waals surface area contributed by atoms with E-state index in [9.17, 15) is 13.2 Å². The summed E-state index contributed by atoms with van der Waals surface area (Å²) in [5, 5.41) is 3.21. The molecule has 1 N–H and O–H groups in total. The van der Waals surface area contributed by atoms with E-state index < -0.39 is 15.9 Å². The van der Waals surface area contributed by atoms with Crippen molar-refractivity contribution in [3.8, 4) is 0 Å². The van der Waals surface area contributed by atoms with Crippen molar-refractivity contribution in [2.24, 2.45) is 0 Å². The summed E-state index contributed by atoms with van der Waals surface area (Å²) in [4.78, 5) is 17.0. The highest BCUT2D eigenvalue weighted by atomic mass is 32.2. The maximum absolute atomic E-state index is 12.6. The van der Waals surface area contributed by atoms with Crippen LogP contribution in [0.3, 0.4) is 0 Å². The van der Waals surface area contributed by atoms with Gasteiger partial charge < -0.3 is 0 Å². The fourth-order valence-electron chi connectivity index (χ4n) is 2.34. The molecule has 1 aromatic heterocycles. The zero-order valence-electron chi connectivity index (χ0n) is 14.6. The first-order chi connectivity index (χ1) is 12.3. The molecule has 0 unspecified atom stereocenters. The number of anilines is 1. The van der Waals surface area contributed by atoms with Gasteiger partial charge in [-0.05, 0) is 44.2 Å². The Bertz CT molecular complexity index is 1030. The number of nitrogens with zero attached hydrogens (tertiary/aromatic N) is 2. The van der Waals surface area contributed by atoms with Crippen LogP contribution < -0.4 is 5.32 Å². The summed E-state index contributed by atoms with van der Waals surface area (Å²) in [5.41, 5.74) is 1.07. The highest BCUT2D eigenvalue weighted by molar-refractivity contribution is 7.89. The molecule has 1 amide bonds. The van der Waals surface area contributed by atoms with Crippen LogP contribution in [0.4, 0.5) is 5.13 Å². The smallest absolute Gasteiger partial charge is 0.257 e. The third kappa shape index (κ3) is 3.62. The van der Waals surface area contributed by atoms with Gasteiger partial charge in [0.2, 0.25) is 10.0 Å². The van der Waals surface area contributed by atoms with Crippen LogP contribution in [0.1, 0.15) is 24.2 Å². The largest absolute Gasteiger partial charge is 0.298 e. The highest BCUT2D eigenvalue weighted by Crippen LogP contribution is 2.26. The van der Waals surface area contributed by atoms with E-state index in [-0.39, 0.29) is 16.5 Å². The molecule has 0 bridgehead atoms. The van der Waals surface area contributed by atoms with Gasteiger partial charge in [-0.15, -0.1) is 0 Å². The lowest BCUT2D eigenvalue weighted by Gasteiger charge is -2.21. The van der Waals surface area contributed by atoms with E-state index >= 15 is 0 Å². The molecule has 0 spiro atoms. The summed E-state index contributed by atoms with van der Waals surface area (Å²) in [7, 11) is -2.13. The summed E-state index contributed by atoms with van der Waals surface area (Å²) >= 11 is 1.37. The van der Waals surface area contributed by atoms with Crippen LogP contribution in [-0.4, -0.2) is 36.7 Å². The average molecular weight is 390 g/mol. The summed E-state index contributed by atoms with van der Waals surface area (Å²) in [6, 6.07) is 13.4. The van der Waals surface area contributed by atoms with E-state index in [1.165, 1.54) is 34.8 Å². The number of rotatable bonds is 5. The third-order valence-corrected chi connectivity index (χ3v) is 7.00. The van der Waals surface area contributed by atoms with Gasteiger partial charge in [0.25, 0.3) is 5.91 Å². The number of hydrogen-bond acceptors (Lipinski definition) is 5. The number of amides is 1. The number of para-hydroxylation sites is 1. The quantitative estimate of drug-likeness (QED) is 0.723. The second-order valence-corrected chi connectivity index (χ2v) is 9.11. The minimum atomic E-state index is -3.65. The summed E-state index contributed by atoms with van der Waals surface area (Å²) < 4.78 is 27.5. The molecule has 3 rings (SSSR count). The fraction of sp³-hybridized carbons (Fsp3) is 0.222. The fourth-order valence-corrected chi connectivity index (χ4v) is 4.61. The first kappa shape index (κ1) is 18.5. The third-order valence-electron chi connectivity index (χ3n) is 4.01. The van der Waals surface area contributed by atoms with Crippen molar-refractivity contribution in [2.75, 3.05) is 12.4 Å². The first-order valence-corrected chi connectivity index (χ1v) is 10.3. The van der Waals surface area contributed by atoms with Crippen LogP contribution in [-0.2, 0) is 10.0 Å². The molecule has 0 saturated carbocycles. The van der Waals surface area contributed by atoms with Crippen molar-refractivity contribution < 1.29 is 13.2 Å². The van der Waals surface area contributed by atoms with Crippen LogP contribution in [0.2, 0.25) is 0 Å². The Kier molecular flexibility index (Phi) is 5.08. The number of nitrogens with one attached hydrogen (secondary N) is 1. The Morgan fingerprint density at radius 3 is 2.58 bits per heavy atom. The highest BCUT2D eigenvalue weighted by Gasteiger charge is 2.24. The zero-order valence-corrected chi connectivity index (χ0v) is 16.3. The molecule has 0 fully saturated rings. The summed E-state index contributed by atoms with van der Waals surface area (Å²) in [6.07, 6.45) is 0. The molecular weight excluding hydrogens is 370 g/mol. The van der Waals surface area contributed by atoms with Gasteiger partial charge in [-0.2, -0.15) is 4.31 Å². The number of sulfonamides is 1. The molecule has 0 aliphatic carbocycles. The van der Waals surface area contributed by atoms with Crippen molar-refractivity contribution in [1.82, 2.24) is 9.29 Å². The molecule has 136 valence electrons. The maximum atomic E-state index is 12.6. The first-order valence-electron chi connectivity index (χ1n) is 8.04. The van der Waals surface area contributed by atoms with Gasteiger partial charge in [0.15, 0.2) is 5.13 Å². The molecular formula is C18H19N3O3S2. The van der Waals surface area contributed by atoms with Crippen LogP contribution >= 0.6 is 11.3 Å². The minimum absolute atomic E-state index is 0.0886. The molecule has 1 heterocycles. The molecule has 3 aromatic rings. The molecule has 0 aliphatic heterocycles. The average Bonchev–Trinajstić information content (AvgIpc) is 3.03. The standard InChI is InChI=1S/C18H19N3O3S2/c1-12(2)21(3)26(23,24)14-8-6-7-13(11-14)17(22)20-18-19-15-9-4-5-10-16(15)25-18/h4-12H,1-3H3,(H,19,20,22). The number of carbonyl (C=O) groups excluding carboxylic acids is 1. The number of fused-ring (bicyclic) bond motifs is 1. The summed E-state index contributed by atoms with van der Waals surface area (Å²) in [6.45, 7) is 3.59. The van der Waals surface area contributed by atoms with Gasteiger partial charge in [0, 0.05) is 18.7 Å². The van der Waals surface area contributed by atoms with Gasteiger partial charge in [-0.3, -0.25) is 10.1 Å². The molecule has 0 aliphatic rings. The van der Waals surface area contributed by atoms with Crippen LogP contribution in [0.15, 0.2) is 53.4 Å². The second-order valence-electron chi connectivity index (χ2n) is 6.08. The molecule has 0 atom stereocenters. The van der Waals surface area contributed by atoms with Gasteiger partial charge in [-0.25, -0.2) is 13.4 Å². The molecule has 26 heavy (non-hydrogen) atoms. The maximum Gasteiger partial charge on any atom is 0.257 e. The number of hydrogen-bond donors (Lipinski definition) is 1. The predicted molar refractivity (Wildman–Crippen MR) is 104 cm³/mol. The molecule has 0 saturated heterocycles. The molecule has 8 heteroatoms. The Morgan fingerprint density at radius 1 is 1.15 bits per heavy atom. The van der Waals surface area contributed by atoms with E-state index in [0.717, 1.165) is 10.2 Å². The van der Waals surface area contributed by atoms with Crippen LogP contribution in [0, 0.1) is 0 Å². The number of thiazole rings is 1. The van der Waals surface area contributed by atoms with Crippen molar-refractivity contribution in [3.63, 3.8) is 0 Å². The Balaban J connectivity index is 1.86. The van der Waals surface area contributed by atoms with E-state index in [2.05, 4.69) is 10.3 Å². The Hall–Kier alpha value is -2.29. The predicted octanol–water partition coefficient (Wildman–Crippen LogP) is 3.58. The lowest BCUT2D eigenvalue weighted by molar-refractivity contribution is 0.102. The summed E-state index contributed by atoms with van der Waals surface area (Å²) in [5.74, 6) is -0.395. The normalized spacial score (nSPS) is 12.0. The zero-order chi connectivity index (χ0) is 18.9. The van der Waals surface area contributed by atoms with E-state index in [1.54, 1.807) is 26.0 Å². The van der Waals surface area contributed by atoms with Crippen LogP contribution in [0.25, 0.3) is 10.2 Å². The van der Waals surface area contributed by atoms with Crippen molar-refractivity contribution in [3.05, 3.63) is 54.1 Å². The number of benzene rings is 2. The van der Waals surface area contributed by atoms with E-state index in [4.69, 9.17) is 0 Å². The molecule has 6 nitrogen and oxygen atoms in total. The van der Waals surface area contributed by atoms with Gasteiger partial charge >= 0.3 is 0 Å². The van der Waals surface area contributed by atoms with Gasteiger partial charge in [0.05, 0.1) is 15.1 Å². The number of carbonyl (C=O) groups is 1. The van der Waals surface area contributed by atoms with E-state index in [1.807, 2.05) is 24.3 Å². The number of aromatic nitrogens is 1. The van der Waals surface area contributed by atoms with Crippen molar-refractivity contribution in [1.29, 1.82) is 0 Å². The van der Waals surface area contributed by atoms with E-state index in [0.29, 0.717) is 5.13 Å². The topological polar surface area (TPSA) is 79.4 Å². The van der Waals surface area contributed by atoms with Crippen LogP contribution in [0.5, 0.6) is 0 Å². The Labute approximate surface area is 156 Å². The minimum Gasteiger partial charge on any atom is -0.298 e. The second kappa shape index (κ2) is 7.14. The Morgan fingerprint density at radius 2 is 1.88 bits per heavy atom. The van der Waals surface area contributed by atoms with Gasteiger partial charge in [0.1, 0.15) is 0 Å². The lowest BCUT2D eigenvalue weighted by atomic mass is 10.2. The lowest BCUT2D eigenvalue weighted by Crippen LogP contribution is -2.33. The van der Waals surface area contributed by atoms with Gasteiger partial charge in [-0.1, -0.05) is 29.5 Å². The SMILES string of the molecule is CC(C)N(C)S(=O)(=O)c1cccc(C(=O)Nc2nc3ccccc3s2)c1.